The zero-order valence-electron chi connectivity index (χ0n) is 27.4. The Morgan fingerprint density at radius 1 is 1.23 bits per heavy atom. The van der Waals surface area contributed by atoms with E-state index >= 15 is 0 Å². The number of amides is 2. The van der Waals surface area contributed by atoms with Gasteiger partial charge in [-0.3, -0.25) is 24.3 Å². The topological polar surface area (TPSA) is 209 Å². The van der Waals surface area contributed by atoms with Crippen LogP contribution in [-0.4, -0.2) is 89.1 Å². The lowest BCUT2D eigenvalue weighted by Gasteiger charge is -2.41. The molecule has 4 N–H and O–H groups in total. The first kappa shape index (κ1) is 37.3. The summed E-state index contributed by atoms with van der Waals surface area (Å²) in [4.78, 5) is 52.2. The van der Waals surface area contributed by atoms with E-state index in [0.717, 1.165) is 11.1 Å². The summed E-state index contributed by atoms with van der Waals surface area (Å²) in [5, 5.41) is 21.1. The number of carbonyl (C=O) groups is 4. The summed E-state index contributed by atoms with van der Waals surface area (Å²) in [5.41, 5.74) is -0.193. The Morgan fingerprint density at radius 3 is 2.52 bits per heavy atom. The van der Waals surface area contributed by atoms with Crippen LogP contribution < -0.4 is 10.2 Å². The molecule has 3 heterocycles. The van der Waals surface area contributed by atoms with Crippen molar-refractivity contribution >= 4 is 51.3 Å². The van der Waals surface area contributed by atoms with Crippen molar-refractivity contribution in [2.75, 3.05) is 11.9 Å². The maximum absolute atomic E-state index is 13.8. The van der Waals surface area contributed by atoms with Crippen LogP contribution in [0, 0.1) is 18.8 Å². The smallest absolute Gasteiger partial charge is 0.409 e. The van der Waals surface area contributed by atoms with Gasteiger partial charge in [-0.2, -0.15) is 8.42 Å². The molecule has 2 amide bonds. The molecule has 8 unspecified atom stereocenters. The first-order valence-corrected chi connectivity index (χ1v) is 17.2. The molecular formula is C32H41ClN2O12S. The van der Waals surface area contributed by atoms with Crippen LogP contribution >= 0.6 is 11.6 Å². The van der Waals surface area contributed by atoms with E-state index in [-0.39, 0.29) is 6.42 Å². The van der Waals surface area contributed by atoms with Crippen molar-refractivity contribution in [3.05, 3.63) is 52.1 Å². The van der Waals surface area contributed by atoms with Crippen molar-refractivity contribution in [3.8, 4) is 0 Å². The van der Waals surface area contributed by atoms with E-state index in [9.17, 15) is 42.4 Å². The predicted octanol–water partition coefficient (Wildman–Crippen LogP) is 3.32. The summed E-state index contributed by atoms with van der Waals surface area (Å²) in [6, 6.07) is 3.65. The highest BCUT2D eigenvalue weighted by atomic mass is 35.5. The number of hydrogen-bond donors (Lipinski definition) is 4. The van der Waals surface area contributed by atoms with Gasteiger partial charge in [0.2, 0.25) is 5.91 Å². The summed E-state index contributed by atoms with van der Waals surface area (Å²) < 4.78 is 49.8. The van der Waals surface area contributed by atoms with Crippen molar-refractivity contribution in [2.24, 2.45) is 11.8 Å². The SMILES string of the molecule is C/C1=C\C=C\C(C)C2(O)CC(OC(=O)N2)C(C)C2OC2(C)C(OC(=O)CC(C(=O)O)S(=O)(=O)O)CC(=O)N(C)c2cc(cc(C)c2Cl)C1. The second-order valence-electron chi connectivity index (χ2n) is 13.1. The van der Waals surface area contributed by atoms with Gasteiger partial charge in [-0.1, -0.05) is 55.3 Å². The van der Waals surface area contributed by atoms with Gasteiger partial charge in [-0.25, -0.2) is 4.79 Å². The molecule has 0 aromatic heterocycles. The number of carboxylic acids is 1. The minimum Gasteiger partial charge on any atom is -0.480 e. The molecule has 4 rings (SSSR count). The Balaban J connectivity index is 1.76. The molecule has 16 heteroatoms. The van der Waals surface area contributed by atoms with Gasteiger partial charge in [-0.15, -0.1) is 0 Å². The molecule has 0 aliphatic carbocycles. The number of carboxylic acid groups (broad SMARTS) is 1. The van der Waals surface area contributed by atoms with Crippen molar-refractivity contribution in [3.63, 3.8) is 0 Å². The minimum absolute atomic E-state index is 0.0333. The Labute approximate surface area is 283 Å². The van der Waals surface area contributed by atoms with Crippen molar-refractivity contribution in [1.29, 1.82) is 0 Å². The fraction of sp³-hybridized carbons (Fsp3) is 0.562. The van der Waals surface area contributed by atoms with Crippen LogP contribution in [0.15, 0.2) is 35.9 Å². The fourth-order valence-corrected chi connectivity index (χ4v) is 7.06. The van der Waals surface area contributed by atoms with Crippen LogP contribution in [-0.2, 0) is 45.1 Å². The molecule has 1 aromatic carbocycles. The number of fused-ring (bicyclic) bond motifs is 5. The molecule has 264 valence electrons. The lowest BCUT2D eigenvalue weighted by molar-refractivity contribution is -0.156. The molecule has 48 heavy (non-hydrogen) atoms. The Bertz CT molecular complexity index is 1660. The predicted molar refractivity (Wildman–Crippen MR) is 173 cm³/mol. The molecule has 2 fully saturated rings. The van der Waals surface area contributed by atoms with Gasteiger partial charge < -0.3 is 29.3 Å². The van der Waals surface area contributed by atoms with Gasteiger partial charge in [0, 0.05) is 25.3 Å². The molecule has 0 radical (unpaired) electrons. The maximum Gasteiger partial charge on any atom is 0.409 e. The van der Waals surface area contributed by atoms with Gasteiger partial charge in [0.25, 0.3) is 10.1 Å². The number of aryl methyl sites for hydroxylation is 1. The van der Waals surface area contributed by atoms with Crippen molar-refractivity contribution < 1.29 is 56.6 Å². The quantitative estimate of drug-likeness (QED) is 0.197. The summed E-state index contributed by atoms with van der Waals surface area (Å²) >= 11 is 6.64. The van der Waals surface area contributed by atoms with Crippen LogP contribution in [0.5, 0.6) is 0 Å². The average molecular weight is 713 g/mol. The number of hydrogen-bond acceptors (Lipinski definition) is 10. The number of benzene rings is 1. The molecule has 4 bridgehead atoms. The van der Waals surface area contributed by atoms with E-state index in [1.807, 2.05) is 19.1 Å². The molecule has 3 aliphatic rings. The lowest BCUT2D eigenvalue weighted by Crippen LogP contribution is -2.60. The van der Waals surface area contributed by atoms with E-state index in [0.29, 0.717) is 22.7 Å². The Kier molecular flexibility index (Phi) is 10.7. The average Bonchev–Trinajstić information content (AvgIpc) is 3.67. The van der Waals surface area contributed by atoms with Crippen molar-refractivity contribution in [2.45, 2.75) is 95.2 Å². The second-order valence-corrected chi connectivity index (χ2v) is 15.0. The van der Waals surface area contributed by atoms with Gasteiger partial charge in [0.15, 0.2) is 5.25 Å². The highest BCUT2D eigenvalue weighted by molar-refractivity contribution is 7.87. The molecular weight excluding hydrogens is 672 g/mol. The highest BCUT2D eigenvalue weighted by Crippen LogP contribution is 2.49. The minimum atomic E-state index is -5.18. The zero-order chi connectivity index (χ0) is 35.9. The number of ether oxygens (including phenoxy) is 3. The van der Waals surface area contributed by atoms with Crippen LogP contribution in [0.4, 0.5) is 10.5 Å². The fourth-order valence-electron chi connectivity index (χ4n) is 6.23. The van der Waals surface area contributed by atoms with Crippen LogP contribution in [0.25, 0.3) is 0 Å². The molecule has 0 spiro atoms. The van der Waals surface area contributed by atoms with E-state index in [4.69, 9.17) is 25.8 Å². The normalized spacial score (nSPS) is 33.6. The Morgan fingerprint density at radius 2 is 1.90 bits per heavy atom. The largest absolute Gasteiger partial charge is 0.480 e. The van der Waals surface area contributed by atoms with Crippen LogP contribution in [0.1, 0.15) is 58.1 Å². The Hall–Kier alpha value is -3.50. The third-order valence-corrected chi connectivity index (χ3v) is 10.9. The number of alkyl carbamates (subject to hydrolysis) is 1. The number of aliphatic hydroxyl groups is 1. The van der Waals surface area contributed by atoms with Crippen LogP contribution in [0.2, 0.25) is 5.02 Å². The van der Waals surface area contributed by atoms with E-state index < -0.39 is 93.6 Å². The summed E-state index contributed by atoms with van der Waals surface area (Å²) in [6.45, 7) is 8.71. The van der Waals surface area contributed by atoms with Gasteiger partial charge in [0.1, 0.15) is 23.5 Å². The molecule has 1 aromatic rings. The maximum atomic E-state index is 13.8. The second kappa shape index (κ2) is 13.8. The van der Waals surface area contributed by atoms with Crippen LogP contribution in [0.3, 0.4) is 0 Å². The molecule has 0 saturated carbocycles. The van der Waals surface area contributed by atoms with Gasteiger partial charge >= 0.3 is 18.0 Å². The number of anilines is 1. The third-order valence-electron chi connectivity index (χ3n) is 9.35. The third kappa shape index (κ3) is 8.03. The summed E-state index contributed by atoms with van der Waals surface area (Å²) in [5.74, 6) is -5.01. The number of nitrogens with zero attached hydrogens (tertiary/aromatic N) is 1. The zero-order valence-corrected chi connectivity index (χ0v) is 29.0. The number of epoxide rings is 1. The first-order valence-electron chi connectivity index (χ1n) is 15.3. The number of rotatable bonds is 5. The number of nitrogens with one attached hydrogen (secondary N) is 1. The summed E-state index contributed by atoms with van der Waals surface area (Å²) in [7, 11) is -3.69. The number of aliphatic carboxylic acids is 1. The van der Waals surface area contributed by atoms with E-state index in [1.165, 1.54) is 11.9 Å². The molecule has 2 saturated heterocycles. The highest BCUT2D eigenvalue weighted by Gasteiger charge is 2.64. The van der Waals surface area contributed by atoms with Gasteiger partial charge in [-0.05, 0) is 44.4 Å². The van der Waals surface area contributed by atoms with E-state index in [2.05, 4.69) is 5.32 Å². The number of allylic oxidation sites excluding steroid dienone is 3. The standard InChI is InChI=1S/C32H41ClN2O12S/c1-16-8-7-9-18(3)32(41)15-22(45-30(40)34-32)19(4)28-31(5,47-28)24(46-26(37)13-23(29(38)39)48(42,43)44)14-25(36)35(6)21-12-20(10-16)11-17(2)27(21)33/h7-9,11-12,18-19,22-24,28,41H,10,13-15H2,1-6H3,(H,34,40)(H,38,39)(H,42,43,44)/b9-7+,16-8+. The first-order chi connectivity index (χ1) is 22.2. The number of halogens is 1. The number of carbonyl (C=O) groups excluding carboxylic acids is 3. The van der Waals surface area contributed by atoms with E-state index in [1.54, 1.807) is 45.9 Å². The lowest BCUT2D eigenvalue weighted by atomic mass is 9.82. The number of esters is 1. The van der Waals surface area contributed by atoms with Crippen molar-refractivity contribution in [1.82, 2.24) is 5.32 Å². The summed E-state index contributed by atoms with van der Waals surface area (Å²) in [6.07, 6.45) is 0.249. The molecule has 8 atom stereocenters. The monoisotopic (exact) mass is 712 g/mol. The van der Waals surface area contributed by atoms with Gasteiger partial charge in [0.05, 0.1) is 29.7 Å². The molecule has 3 aliphatic heterocycles. The molecule has 14 nitrogen and oxygen atoms in total.